The van der Waals surface area contributed by atoms with E-state index in [0.717, 1.165) is 25.3 Å². The van der Waals surface area contributed by atoms with Crippen molar-refractivity contribution in [3.05, 3.63) is 46.1 Å². The van der Waals surface area contributed by atoms with E-state index >= 15 is 0 Å². The van der Waals surface area contributed by atoms with Gasteiger partial charge in [0, 0.05) is 18.7 Å². The molecule has 1 aromatic carbocycles. The molecule has 1 aliphatic rings. The Balaban J connectivity index is 0.000000257. The summed E-state index contributed by atoms with van der Waals surface area (Å²) in [5, 5.41) is 19.8. The molecule has 1 fully saturated rings. The van der Waals surface area contributed by atoms with Crippen LogP contribution in [0.1, 0.15) is 66.8 Å². The van der Waals surface area contributed by atoms with Crippen LogP contribution < -0.4 is 10.6 Å². The number of nitrogens with zero attached hydrogens (tertiary/aromatic N) is 1. The average molecular weight is 487 g/mol. The minimum Gasteiger partial charge on any atom is -0.477 e. The standard InChI is InChI=1S/C11H6ClF2N3O3.C11H23NO/c12-5-2-7(14)6(13)1-4(5)10(18)15-9-3-8(11(19)20)16-17-9;1-10(2)13-9-8-12-11-6-4-3-5-7-11/h1-3H,(H,19,20)(H2,15,16,17,18);10-12H,3-9H2,1-2H3. The Morgan fingerprint density at radius 3 is 2.48 bits per heavy atom. The van der Waals surface area contributed by atoms with Crippen molar-refractivity contribution in [1.29, 1.82) is 0 Å². The summed E-state index contributed by atoms with van der Waals surface area (Å²) in [7, 11) is 0. The zero-order valence-corrected chi connectivity index (χ0v) is 19.3. The molecule has 3 rings (SSSR count). The smallest absolute Gasteiger partial charge is 0.353 e. The highest BCUT2D eigenvalue weighted by molar-refractivity contribution is 6.34. The van der Waals surface area contributed by atoms with Crippen molar-refractivity contribution >= 4 is 29.3 Å². The molecule has 1 amide bonds. The summed E-state index contributed by atoms with van der Waals surface area (Å²) in [5.74, 6) is -4.61. The number of amides is 1. The van der Waals surface area contributed by atoms with Crippen molar-refractivity contribution in [2.24, 2.45) is 0 Å². The number of halogens is 3. The number of carboxylic acids is 1. The molecule has 0 radical (unpaired) electrons. The van der Waals surface area contributed by atoms with Gasteiger partial charge in [-0.05, 0) is 38.8 Å². The van der Waals surface area contributed by atoms with Crippen molar-refractivity contribution < 1.29 is 28.2 Å². The van der Waals surface area contributed by atoms with Gasteiger partial charge in [-0.1, -0.05) is 30.9 Å². The number of carboxylic acid groups (broad SMARTS) is 1. The molecule has 0 unspecified atom stereocenters. The Morgan fingerprint density at radius 2 is 1.88 bits per heavy atom. The molecule has 0 aliphatic heterocycles. The number of carbonyl (C=O) groups excluding carboxylic acids is 1. The quantitative estimate of drug-likeness (QED) is 0.319. The number of hydrogen-bond donors (Lipinski definition) is 4. The van der Waals surface area contributed by atoms with Gasteiger partial charge < -0.3 is 20.5 Å². The largest absolute Gasteiger partial charge is 0.477 e. The highest BCUT2D eigenvalue weighted by atomic mass is 35.5. The van der Waals surface area contributed by atoms with Gasteiger partial charge in [0.1, 0.15) is 5.69 Å². The van der Waals surface area contributed by atoms with Crippen molar-refractivity contribution in [1.82, 2.24) is 15.5 Å². The van der Waals surface area contributed by atoms with Crippen LogP contribution in [0.5, 0.6) is 0 Å². The first-order valence-corrected chi connectivity index (χ1v) is 11.1. The van der Waals surface area contributed by atoms with Crippen LogP contribution in [0, 0.1) is 11.6 Å². The molecule has 1 aliphatic carbocycles. The monoisotopic (exact) mass is 486 g/mol. The Morgan fingerprint density at radius 1 is 1.21 bits per heavy atom. The molecule has 0 atom stereocenters. The minimum absolute atomic E-state index is 0.0896. The fourth-order valence-corrected chi connectivity index (χ4v) is 3.48. The van der Waals surface area contributed by atoms with Crippen LogP contribution in [-0.2, 0) is 4.74 Å². The van der Waals surface area contributed by atoms with Gasteiger partial charge in [0.25, 0.3) is 5.91 Å². The zero-order chi connectivity index (χ0) is 24.4. The summed E-state index contributed by atoms with van der Waals surface area (Å²) in [6.45, 7) is 6.04. The zero-order valence-electron chi connectivity index (χ0n) is 18.6. The number of carbonyl (C=O) groups is 2. The van der Waals surface area contributed by atoms with Crippen LogP contribution in [0.2, 0.25) is 5.02 Å². The first-order valence-electron chi connectivity index (χ1n) is 10.8. The first kappa shape index (κ1) is 26.7. The van der Waals surface area contributed by atoms with E-state index in [1.807, 2.05) is 0 Å². The van der Waals surface area contributed by atoms with Crippen LogP contribution in [0.25, 0.3) is 0 Å². The molecule has 0 saturated heterocycles. The van der Waals surface area contributed by atoms with E-state index in [1.54, 1.807) is 0 Å². The van der Waals surface area contributed by atoms with Crippen LogP contribution in [-0.4, -0.2) is 52.5 Å². The molecule has 0 bridgehead atoms. The van der Waals surface area contributed by atoms with Crippen molar-refractivity contribution in [3.63, 3.8) is 0 Å². The van der Waals surface area contributed by atoms with Gasteiger partial charge in [-0.15, -0.1) is 0 Å². The molecule has 182 valence electrons. The number of hydrogen-bond acceptors (Lipinski definition) is 5. The van der Waals surface area contributed by atoms with Gasteiger partial charge in [0.2, 0.25) is 0 Å². The molecule has 11 heteroatoms. The third-order valence-electron chi connectivity index (χ3n) is 4.90. The summed E-state index contributed by atoms with van der Waals surface area (Å²) in [6, 6.07) is 3.13. The summed E-state index contributed by atoms with van der Waals surface area (Å²) in [4.78, 5) is 22.4. The van der Waals surface area contributed by atoms with Crippen LogP contribution >= 0.6 is 11.6 Å². The Bertz CT molecular complexity index is 933. The van der Waals surface area contributed by atoms with Gasteiger partial charge >= 0.3 is 5.97 Å². The SMILES string of the molecule is CC(C)OCCNC1CCCCC1.O=C(O)c1cc(NC(=O)c2cc(F)c(F)cc2Cl)n[nH]1. The Kier molecular flexibility index (Phi) is 10.7. The predicted molar refractivity (Wildman–Crippen MR) is 121 cm³/mol. The third kappa shape index (κ3) is 9.07. The third-order valence-corrected chi connectivity index (χ3v) is 5.21. The van der Waals surface area contributed by atoms with Gasteiger partial charge in [0.05, 0.1) is 23.3 Å². The highest BCUT2D eigenvalue weighted by Gasteiger charge is 2.17. The minimum atomic E-state index is -1.26. The molecule has 33 heavy (non-hydrogen) atoms. The normalized spacial score (nSPS) is 14.0. The lowest BCUT2D eigenvalue weighted by molar-refractivity contribution is 0.0690. The maximum Gasteiger partial charge on any atom is 0.353 e. The second-order valence-corrected chi connectivity index (χ2v) is 8.29. The van der Waals surface area contributed by atoms with Crippen LogP contribution in [0.15, 0.2) is 18.2 Å². The molecule has 1 saturated carbocycles. The van der Waals surface area contributed by atoms with E-state index in [0.29, 0.717) is 18.2 Å². The molecule has 2 aromatic rings. The predicted octanol–water partition coefficient (Wildman–Crippen LogP) is 4.63. The topological polar surface area (TPSA) is 116 Å². The second kappa shape index (κ2) is 13.2. The number of aromatic amines is 1. The summed E-state index contributed by atoms with van der Waals surface area (Å²) >= 11 is 5.63. The van der Waals surface area contributed by atoms with E-state index in [9.17, 15) is 18.4 Å². The van der Waals surface area contributed by atoms with E-state index in [1.165, 1.54) is 32.1 Å². The molecule has 8 nitrogen and oxygen atoms in total. The van der Waals surface area contributed by atoms with Gasteiger partial charge in [0.15, 0.2) is 17.5 Å². The lowest BCUT2D eigenvalue weighted by Gasteiger charge is -2.22. The van der Waals surface area contributed by atoms with Crippen LogP contribution in [0.3, 0.4) is 0 Å². The summed E-state index contributed by atoms with van der Waals surface area (Å²) in [6.07, 6.45) is 7.34. The Hall–Kier alpha value is -2.56. The summed E-state index contributed by atoms with van der Waals surface area (Å²) in [5.41, 5.74) is -0.540. The van der Waals surface area contributed by atoms with E-state index in [4.69, 9.17) is 21.4 Å². The highest BCUT2D eigenvalue weighted by Crippen LogP contribution is 2.21. The lowest BCUT2D eigenvalue weighted by atomic mass is 9.96. The lowest BCUT2D eigenvalue weighted by Crippen LogP contribution is -2.33. The second-order valence-electron chi connectivity index (χ2n) is 7.88. The number of benzene rings is 1. The van der Waals surface area contributed by atoms with Crippen molar-refractivity contribution in [2.75, 3.05) is 18.5 Å². The number of ether oxygens (including phenoxy) is 1. The van der Waals surface area contributed by atoms with E-state index in [2.05, 4.69) is 34.7 Å². The van der Waals surface area contributed by atoms with Gasteiger partial charge in [-0.25, -0.2) is 13.6 Å². The number of nitrogens with one attached hydrogen (secondary N) is 3. The number of anilines is 1. The Labute approximate surface area is 196 Å². The summed E-state index contributed by atoms with van der Waals surface area (Å²) < 4.78 is 31.4. The molecule has 4 N–H and O–H groups in total. The number of aromatic nitrogens is 2. The van der Waals surface area contributed by atoms with Crippen LogP contribution in [0.4, 0.5) is 14.6 Å². The molecule has 1 aromatic heterocycles. The maximum absolute atomic E-state index is 13.1. The number of aromatic carboxylic acids is 1. The van der Waals surface area contributed by atoms with Crippen molar-refractivity contribution in [3.8, 4) is 0 Å². The molecular formula is C22H29ClF2N4O4. The average Bonchev–Trinajstić information content (AvgIpc) is 3.24. The fraction of sp³-hybridized carbons (Fsp3) is 0.500. The van der Waals surface area contributed by atoms with Gasteiger partial charge in [-0.3, -0.25) is 9.89 Å². The van der Waals surface area contributed by atoms with E-state index < -0.39 is 23.5 Å². The molecule has 0 spiro atoms. The number of rotatable bonds is 8. The maximum atomic E-state index is 13.1. The van der Waals surface area contributed by atoms with Gasteiger partial charge in [-0.2, -0.15) is 5.10 Å². The fourth-order valence-electron chi connectivity index (χ4n) is 3.24. The number of H-pyrrole nitrogens is 1. The van der Waals surface area contributed by atoms with E-state index in [-0.39, 0.29) is 22.1 Å². The van der Waals surface area contributed by atoms with Crippen molar-refractivity contribution in [2.45, 2.75) is 58.1 Å². The first-order chi connectivity index (χ1) is 15.7. The molecular weight excluding hydrogens is 458 g/mol. The molecule has 1 heterocycles.